The molecule has 1 fully saturated rings. The molecule has 0 N–H and O–H groups in total. The molecule has 3 aromatic rings. The Morgan fingerprint density at radius 3 is 2.27 bits per heavy atom. The summed E-state index contributed by atoms with van der Waals surface area (Å²) in [5.41, 5.74) is 1.35. The van der Waals surface area contributed by atoms with Crippen molar-refractivity contribution < 1.29 is 23.5 Å². The van der Waals surface area contributed by atoms with Gasteiger partial charge in [-0.15, -0.1) is 0 Å². The Hall–Kier alpha value is -3.71. The van der Waals surface area contributed by atoms with Crippen molar-refractivity contribution in [3.05, 3.63) is 94.8 Å². The first kappa shape index (κ1) is 22.5. The average molecular weight is 467 g/mol. The number of amides is 3. The standard InChI is InChI=1S/C25H20ClFN2O4/c1-33-21-12-4-17(5-13-21)24(31)28(15-16-2-8-19(27)9-3-16)22-14-23(30)29(25(22)32)20-10-6-18(26)7-11-20/h2-13,22H,14-15H2,1H3. The molecule has 0 aliphatic carbocycles. The number of ether oxygens (including phenoxy) is 1. The van der Waals surface area contributed by atoms with Gasteiger partial charge >= 0.3 is 0 Å². The summed E-state index contributed by atoms with van der Waals surface area (Å²) < 4.78 is 18.5. The Balaban J connectivity index is 1.67. The van der Waals surface area contributed by atoms with Crippen molar-refractivity contribution in [3.63, 3.8) is 0 Å². The predicted molar refractivity (Wildman–Crippen MR) is 122 cm³/mol. The Kier molecular flexibility index (Phi) is 6.42. The molecule has 0 spiro atoms. The number of halogens is 2. The van der Waals surface area contributed by atoms with Crippen molar-refractivity contribution in [3.8, 4) is 5.75 Å². The van der Waals surface area contributed by atoms with E-state index in [-0.39, 0.29) is 13.0 Å². The molecular weight excluding hydrogens is 447 g/mol. The monoisotopic (exact) mass is 466 g/mol. The van der Waals surface area contributed by atoms with Gasteiger partial charge in [0.2, 0.25) is 5.91 Å². The maximum atomic E-state index is 13.5. The molecule has 3 amide bonds. The van der Waals surface area contributed by atoms with Gasteiger partial charge in [-0.3, -0.25) is 14.4 Å². The molecule has 0 radical (unpaired) electrons. The molecule has 0 bridgehead atoms. The lowest BCUT2D eigenvalue weighted by Crippen LogP contribution is -2.45. The van der Waals surface area contributed by atoms with E-state index in [1.165, 1.54) is 24.1 Å². The number of carbonyl (C=O) groups is 3. The highest BCUT2D eigenvalue weighted by Crippen LogP contribution is 2.29. The van der Waals surface area contributed by atoms with Crippen LogP contribution in [0.3, 0.4) is 0 Å². The minimum absolute atomic E-state index is 0.0310. The van der Waals surface area contributed by atoms with Gasteiger partial charge in [0, 0.05) is 17.1 Å². The summed E-state index contributed by atoms with van der Waals surface area (Å²) in [6.45, 7) is 0.0310. The molecule has 1 saturated heterocycles. The van der Waals surface area contributed by atoms with Gasteiger partial charge in [0.15, 0.2) is 0 Å². The Morgan fingerprint density at radius 1 is 1.03 bits per heavy atom. The van der Waals surface area contributed by atoms with Gasteiger partial charge in [0.05, 0.1) is 19.2 Å². The zero-order valence-corrected chi connectivity index (χ0v) is 18.5. The lowest BCUT2D eigenvalue weighted by atomic mass is 10.1. The second kappa shape index (κ2) is 9.42. The van der Waals surface area contributed by atoms with Gasteiger partial charge in [-0.2, -0.15) is 0 Å². The van der Waals surface area contributed by atoms with Crippen LogP contribution >= 0.6 is 11.6 Å². The van der Waals surface area contributed by atoms with Crippen LogP contribution in [0.25, 0.3) is 0 Å². The molecule has 0 saturated carbocycles. The maximum absolute atomic E-state index is 13.5. The molecule has 1 aliphatic heterocycles. The fraction of sp³-hybridized carbons (Fsp3) is 0.160. The van der Waals surface area contributed by atoms with Crippen LogP contribution in [0.15, 0.2) is 72.8 Å². The number of hydrogen-bond donors (Lipinski definition) is 0. The van der Waals surface area contributed by atoms with E-state index >= 15 is 0 Å². The van der Waals surface area contributed by atoms with Crippen LogP contribution in [0.1, 0.15) is 22.3 Å². The van der Waals surface area contributed by atoms with E-state index in [0.29, 0.717) is 27.6 Å². The van der Waals surface area contributed by atoms with Crippen LogP contribution in [0.4, 0.5) is 10.1 Å². The van der Waals surface area contributed by atoms with Gasteiger partial charge in [-0.1, -0.05) is 23.7 Å². The van der Waals surface area contributed by atoms with Gasteiger partial charge in [-0.05, 0) is 66.2 Å². The molecule has 6 nitrogen and oxygen atoms in total. The van der Waals surface area contributed by atoms with E-state index in [0.717, 1.165) is 4.90 Å². The number of anilines is 1. The SMILES string of the molecule is COc1ccc(C(=O)N(Cc2ccc(F)cc2)C2CC(=O)N(c3ccc(Cl)cc3)C2=O)cc1. The van der Waals surface area contributed by atoms with Crippen LogP contribution in [0.2, 0.25) is 5.02 Å². The van der Waals surface area contributed by atoms with Crippen LogP contribution in [0.5, 0.6) is 5.75 Å². The first-order chi connectivity index (χ1) is 15.9. The summed E-state index contributed by atoms with van der Waals surface area (Å²) in [7, 11) is 1.52. The van der Waals surface area contributed by atoms with Crippen LogP contribution in [-0.4, -0.2) is 35.8 Å². The Bertz CT molecular complexity index is 1180. The predicted octanol–water partition coefficient (Wildman–Crippen LogP) is 4.46. The number of hydrogen-bond acceptors (Lipinski definition) is 4. The topological polar surface area (TPSA) is 66.9 Å². The van der Waals surface area contributed by atoms with Crippen LogP contribution in [0, 0.1) is 5.82 Å². The molecule has 8 heteroatoms. The molecule has 1 unspecified atom stereocenters. The van der Waals surface area contributed by atoms with Gasteiger partial charge in [-0.25, -0.2) is 9.29 Å². The zero-order chi connectivity index (χ0) is 23.5. The molecule has 1 atom stereocenters. The number of nitrogens with zero attached hydrogens (tertiary/aromatic N) is 2. The van der Waals surface area contributed by atoms with Gasteiger partial charge in [0.1, 0.15) is 17.6 Å². The first-order valence-corrected chi connectivity index (χ1v) is 10.6. The fourth-order valence-electron chi connectivity index (χ4n) is 3.73. The third kappa shape index (κ3) is 4.73. The molecule has 168 valence electrons. The normalized spacial score (nSPS) is 15.6. The summed E-state index contributed by atoms with van der Waals surface area (Å²) in [6, 6.07) is 17.5. The zero-order valence-electron chi connectivity index (χ0n) is 17.7. The summed E-state index contributed by atoms with van der Waals surface area (Å²) in [6.07, 6.45) is -0.162. The second-order valence-corrected chi connectivity index (χ2v) is 7.99. The molecule has 33 heavy (non-hydrogen) atoms. The second-order valence-electron chi connectivity index (χ2n) is 7.55. The van der Waals surface area contributed by atoms with E-state index in [1.54, 1.807) is 60.7 Å². The first-order valence-electron chi connectivity index (χ1n) is 10.2. The minimum atomic E-state index is -1.01. The van der Waals surface area contributed by atoms with Gasteiger partial charge in [0.25, 0.3) is 11.8 Å². The summed E-state index contributed by atoms with van der Waals surface area (Å²) >= 11 is 5.93. The third-order valence-electron chi connectivity index (χ3n) is 5.45. The lowest BCUT2D eigenvalue weighted by Gasteiger charge is -2.28. The van der Waals surface area contributed by atoms with E-state index in [1.807, 2.05) is 0 Å². The molecule has 4 rings (SSSR count). The van der Waals surface area contributed by atoms with Crippen LogP contribution in [-0.2, 0) is 16.1 Å². The number of imide groups is 1. The smallest absolute Gasteiger partial charge is 0.257 e. The van der Waals surface area contributed by atoms with Gasteiger partial charge < -0.3 is 9.64 Å². The molecular formula is C25H20ClFN2O4. The van der Waals surface area contributed by atoms with Crippen molar-refractivity contribution in [2.24, 2.45) is 0 Å². The quantitative estimate of drug-likeness (QED) is 0.503. The van der Waals surface area contributed by atoms with E-state index in [2.05, 4.69) is 0 Å². The molecule has 3 aromatic carbocycles. The molecule has 1 heterocycles. The molecule has 0 aromatic heterocycles. The Labute approximate surface area is 195 Å². The van der Waals surface area contributed by atoms with E-state index in [4.69, 9.17) is 16.3 Å². The number of carbonyl (C=O) groups excluding carboxylic acids is 3. The largest absolute Gasteiger partial charge is 0.497 e. The summed E-state index contributed by atoms with van der Waals surface area (Å²) in [4.78, 5) is 42.0. The Morgan fingerprint density at radius 2 is 1.67 bits per heavy atom. The van der Waals surface area contributed by atoms with Crippen molar-refractivity contribution in [2.75, 3.05) is 12.0 Å². The van der Waals surface area contributed by atoms with Crippen molar-refractivity contribution in [1.82, 2.24) is 4.90 Å². The summed E-state index contributed by atoms with van der Waals surface area (Å²) in [5.74, 6) is -1.18. The average Bonchev–Trinajstić information content (AvgIpc) is 3.12. The number of methoxy groups -OCH3 is 1. The lowest BCUT2D eigenvalue weighted by molar-refractivity contribution is -0.122. The van der Waals surface area contributed by atoms with E-state index < -0.39 is 29.6 Å². The maximum Gasteiger partial charge on any atom is 0.257 e. The van der Waals surface area contributed by atoms with E-state index in [9.17, 15) is 18.8 Å². The highest BCUT2D eigenvalue weighted by atomic mass is 35.5. The third-order valence-corrected chi connectivity index (χ3v) is 5.70. The highest BCUT2D eigenvalue weighted by Gasteiger charge is 2.44. The van der Waals surface area contributed by atoms with Crippen molar-refractivity contribution in [2.45, 2.75) is 19.0 Å². The number of benzene rings is 3. The van der Waals surface area contributed by atoms with Crippen molar-refractivity contribution >= 4 is 35.0 Å². The minimum Gasteiger partial charge on any atom is -0.497 e. The van der Waals surface area contributed by atoms with Crippen molar-refractivity contribution in [1.29, 1.82) is 0 Å². The highest BCUT2D eigenvalue weighted by molar-refractivity contribution is 6.31. The fourth-order valence-corrected chi connectivity index (χ4v) is 3.86. The van der Waals surface area contributed by atoms with Crippen LogP contribution < -0.4 is 9.64 Å². The summed E-state index contributed by atoms with van der Waals surface area (Å²) in [5, 5.41) is 0.474. The molecule has 1 aliphatic rings. The number of rotatable bonds is 6.